The van der Waals surface area contributed by atoms with Gasteiger partial charge in [0, 0.05) is 26.2 Å². The molecule has 0 aromatic carbocycles. The van der Waals surface area contributed by atoms with Gasteiger partial charge in [-0.25, -0.2) is 17.9 Å². The predicted molar refractivity (Wildman–Crippen MR) is 91.8 cm³/mol. The maximum Gasteiger partial charge on any atom is 0.317 e. The van der Waals surface area contributed by atoms with E-state index in [-0.39, 0.29) is 11.8 Å². The van der Waals surface area contributed by atoms with Gasteiger partial charge in [0.1, 0.15) is 0 Å². The van der Waals surface area contributed by atoms with Crippen molar-refractivity contribution in [3.05, 3.63) is 0 Å². The molecule has 6 nitrogen and oxygen atoms in total. The fraction of sp³-hybridized carbons (Fsp3) is 0.938. The van der Waals surface area contributed by atoms with Gasteiger partial charge >= 0.3 is 6.03 Å². The van der Waals surface area contributed by atoms with Crippen LogP contribution in [0.2, 0.25) is 0 Å². The molecule has 0 aromatic heterocycles. The van der Waals surface area contributed by atoms with Gasteiger partial charge < -0.3 is 10.2 Å². The van der Waals surface area contributed by atoms with Crippen LogP contribution in [0.4, 0.5) is 4.79 Å². The zero-order valence-corrected chi connectivity index (χ0v) is 15.1. The van der Waals surface area contributed by atoms with E-state index in [2.05, 4.69) is 10.0 Å². The van der Waals surface area contributed by atoms with E-state index in [1.54, 1.807) is 6.92 Å². The number of rotatable bonds is 6. The average Bonchev–Trinajstić information content (AvgIpc) is 2.56. The first-order chi connectivity index (χ1) is 11.0. The maximum absolute atomic E-state index is 12.2. The molecule has 1 saturated carbocycles. The molecular weight excluding hydrogens is 314 g/mol. The molecule has 2 N–H and O–H groups in total. The summed E-state index contributed by atoms with van der Waals surface area (Å²) in [6.45, 7) is 4.20. The summed E-state index contributed by atoms with van der Waals surface area (Å²) in [5.74, 6) is 0.0921. The Morgan fingerprint density at radius 1 is 1.04 bits per heavy atom. The van der Waals surface area contributed by atoms with Crippen LogP contribution in [0.15, 0.2) is 0 Å². The van der Waals surface area contributed by atoms with Gasteiger partial charge in [-0.15, -0.1) is 0 Å². The lowest BCUT2D eigenvalue weighted by atomic mass is 9.68. The van der Waals surface area contributed by atoms with Crippen molar-refractivity contribution in [2.45, 2.75) is 58.3 Å². The lowest BCUT2D eigenvalue weighted by molar-refractivity contribution is 0.0813. The average molecular weight is 346 g/mol. The number of hydrogen-bond donors (Lipinski definition) is 2. The molecule has 1 saturated heterocycles. The Balaban J connectivity index is 1.62. The number of urea groups is 1. The van der Waals surface area contributed by atoms with Gasteiger partial charge in [-0.2, -0.15) is 0 Å². The zero-order valence-electron chi connectivity index (χ0n) is 14.3. The van der Waals surface area contributed by atoms with Gasteiger partial charge in [0.2, 0.25) is 10.0 Å². The number of hydrogen-bond acceptors (Lipinski definition) is 3. The van der Waals surface area contributed by atoms with Gasteiger partial charge in [0.05, 0.1) is 5.75 Å². The normalized spacial score (nSPS) is 21.3. The minimum atomic E-state index is -3.13. The fourth-order valence-corrected chi connectivity index (χ4v) is 4.37. The van der Waals surface area contributed by atoms with E-state index in [1.807, 2.05) is 4.90 Å². The Bertz CT molecular complexity index is 477. The topological polar surface area (TPSA) is 78.5 Å². The van der Waals surface area contributed by atoms with Crippen molar-refractivity contribution in [2.24, 2.45) is 5.41 Å². The number of piperidine rings is 1. The fourth-order valence-electron chi connectivity index (χ4n) is 3.71. The molecule has 0 atom stereocenters. The summed E-state index contributed by atoms with van der Waals surface area (Å²) in [5, 5.41) is 2.90. The number of nitrogens with zero attached hydrogens (tertiary/aromatic N) is 1. The van der Waals surface area contributed by atoms with Gasteiger partial charge in [0.15, 0.2) is 0 Å². The van der Waals surface area contributed by atoms with Gasteiger partial charge in [-0.1, -0.05) is 19.3 Å². The number of carbonyl (C=O) groups excluding carboxylic acids is 1. The second kappa shape index (κ2) is 8.33. The predicted octanol–water partition coefficient (Wildman–Crippen LogP) is 2.07. The largest absolute Gasteiger partial charge is 0.338 e. The van der Waals surface area contributed by atoms with E-state index >= 15 is 0 Å². The molecule has 0 bridgehead atoms. The number of sulfonamides is 1. The lowest BCUT2D eigenvalue weighted by Crippen LogP contribution is -2.48. The molecule has 0 aromatic rings. The smallest absolute Gasteiger partial charge is 0.317 e. The molecule has 1 heterocycles. The summed E-state index contributed by atoms with van der Waals surface area (Å²) >= 11 is 0. The van der Waals surface area contributed by atoms with E-state index in [0.29, 0.717) is 24.9 Å². The van der Waals surface area contributed by atoms with Crippen LogP contribution in [0.25, 0.3) is 0 Å². The summed E-state index contributed by atoms with van der Waals surface area (Å²) in [4.78, 5) is 14.1. The quantitative estimate of drug-likeness (QED) is 0.723. The van der Waals surface area contributed by atoms with E-state index < -0.39 is 10.0 Å². The van der Waals surface area contributed by atoms with E-state index in [1.165, 1.54) is 32.1 Å². The molecule has 2 aliphatic rings. The number of amides is 2. The maximum atomic E-state index is 12.2. The Morgan fingerprint density at radius 2 is 1.70 bits per heavy atom. The molecule has 1 aliphatic carbocycles. The van der Waals surface area contributed by atoms with Crippen molar-refractivity contribution in [2.75, 3.05) is 31.9 Å². The van der Waals surface area contributed by atoms with Crippen LogP contribution < -0.4 is 10.0 Å². The molecule has 1 aliphatic heterocycles. The number of likely N-dealkylation sites (tertiary alicyclic amines) is 1. The van der Waals surface area contributed by atoms with Gasteiger partial charge in [0.25, 0.3) is 0 Å². The lowest BCUT2D eigenvalue weighted by Gasteiger charge is -2.44. The molecule has 134 valence electrons. The van der Waals surface area contributed by atoms with Crippen LogP contribution in [-0.4, -0.2) is 51.3 Å². The molecule has 2 fully saturated rings. The van der Waals surface area contributed by atoms with Crippen LogP contribution in [0.5, 0.6) is 0 Å². The molecule has 7 heteroatoms. The standard InChI is InChI=1S/C16H31N3O3S/c1-2-23(21,22)18-12-6-11-17-15(20)19-13-9-16(10-14-19)7-4-3-5-8-16/h18H,2-14H2,1H3,(H,17,20). The third-order valence-electron chi connectivity index (χ3n) is 5.36. The third kappa shape index (κ3) is 5.64. The Labute approximate surface area is 140 Å². The Morgan fingerprint density at radius 3 is 2.30 bits per heavy atom. The molecule has 2 amide bonds. The van der Waals surface area contributed by atoms with Crippen molar-refractivity contribution < 1.29 is 13.2 Å². The summed E-state index contributed by atoms with van der Waals surface area (Å²) in [6, 6.07) is -0.00555. The van der Waals surface area contributed by atoms with Crippen molar-refractivity contribution in [1.29, 1.82) is 0 Å². The number of carbonyl (C=O) groups is 1. The molecular formula is C16H31N3O3S. The van der Waals surface area contributed by atoms with Crippen LogP contribution in [0, 0.1) is 5.41 Å². The Hall–Kier alpha value is -0.820. The third-order valence-corrected chi connectivity index (χ3v) is 6.76. The van der Waals surface area contributed by atoms with E-state index in [4.69, 9.17) is 0 Å². The zero-order chi connectivity index (χ0) is 16.8. The van der Waals surface area contributed by atoms with Crippen LogP contribution in [0.3, 0.4) is 0 Å². The van der Waals surface area contributed by atoms with Gasteiger partial charge in [-0.05, 0) is 44.4 Å². The van der Waals surface area contributed by atoms with E-state index in [0.717, 1.165) is 25.9 Å². The van der Waals surface area contributed by atoms with Crippen LogP contribution in [-0.2, 0) is 10.0 Å². The molecule has 0 radical (unpaired) electrons. The van der Waals surface area contributed by atoms with Crippen molar-refractivity contribution in [3.8, 4) is 0 Å². The van der Waals surface area contributed by atoms with Crippen molar-refractivity contribution >= 4 is 16.1 Å². The highest BCUT2D eigenvalue weighted by molar-refractivity contribution is 7.89. The SMILES string of the molecule is CCS(=O)(=O)NCCCNC(=O)N1CCC2(CCCCC2)CC1. The summed E-state index contributed by atoms with van der Waals surface area (Å²) in [6.07, 6.45) is 9.61. The minimum Gasteiger partial charge on any atom is -0.338 e. The van der Waals surface area contributed by atoms with Crippen LogP contribution >= 0.6 is 0 Å². The molecule has 2 rings (SSSR count). The van der Waals surface area contributed by atoms with Crippen LogP contribution in [0.1, 0.15) is 58.3 Å². The molecule has 23 heavy (non-hydrogen) atoms. The second-order valence-corrected chi connectivity index (χ2v) is 9.03. The second-order valence-electron chi connectivity index (χ2n) is 6.93. The van der Waals surface area contributed by atoms with Gasteiger partial charge in [-0.3, -0.25) is 0 Å². The molecule has 1 spiro atoms. The highest BCUT2D eigenvalue weighted by Crippen LogP contribution is 2.44. The summed E-state index contributed by atoms with van der Waals surface area (Å²) in [5.41, 5.74) is 0.507. The highest BCUT2D eigenvalue weighted by atomic mass is 32.2. The van der Waals surface area contributed by atoms with E-state index in [9.17, 15) is 13.2 Å². The highest BCUT2D eigenvalue weighted by Gasteiger charge is 2.36. The molecule has 0 unspecified atom stereocenters. The Kier molecular flexibility index (Phi) is 6.71. The first-order valence-electron chi connectivity index (χ1n) is 8.96. The van der Waals surface area contributed by atoms with Crippen molar-refractivity contribution in [3.63, 3.8) is 0 Å². The first kappa shape index (κ1) is 18.5. The monoisotopic (exact) mass is 345 g/mol. The first-order valence-corrected chi connectivity index (χ1v) is 10.6. The van der Waals surface area contributed by atoms with Crippen molar-refractivity contribution in [1.82, 2.24) is 14.9 Å². The summed E-state index contributed by atoms with van der Waals surface area (Å²) in [7, 11) is -3.13. The summed E-state index contributed by atoms with van der Waals surface area (Å²) < 4.78 is 25.1. The number of nitrogens with one attached hydrogen (secondary N) is 2. The minimum absolute atomic E-state index is 0.00555.